The van der Waals surface area contributed by atoms with Crippen LogP contribution in [0.1, 0.15) is 17.3 Å². The Kier molecular flexibility index (Phi) is 6.84. The molecule has 0 radical (unpaired) electrons. The summed E-state index contributed by atoms with van der Waals surface area (Å²) in [4.78, 5) is 34.5. The highest BCUT2D eigenvalue weighted by molar-refractivity contribution is 5.97. The molecule has 0 aliphatic carbocycles. The number of amides is 2. The van der Waals surface area contributed by atoms with E-state index in [1.807, 2.05) is 0 Å². The van der Waals surface area contributed by atoms with Crippen molar-refractivity contribution in [1.29, 1.82) is 0 Å². The molecule has 0 unspecified atom stereocenters. The molecule has 0 aromatic heterocycles. The molecule has 9 nitrogen and oxygen atoms in total. The van der Waals surface area contributed by atoms with E-state index < -0.39 is 30.4 Å². The van der Waals surface area contributed by atoms with Gasteiger partial charge in [-0.05, 0) is 19.1 Å². The van der Waals surface area contributed by atoms with Gasteiger partial charge in [-0.3, -0.25) is 14.4 Å². The molecule has 0 aliphatic heterocycles. The van der Waals surface area contributed by atoms with E-state index in [9.17, 15) is 14.4 Å². The van der Waals surface area contributed by atoms with E-state index in [1.165, 1.54) is 40.4 Å². The van der Waals surface area contributed by atoms with Crippen LogP contribution in [0.4, 0.5) is 0 Å². The highest BCUT2D eigenvalue weighted by atomic mass is 16.5. The Morgan fingerprint density at radius 2 is 1.62 bits per heavy atom. The van der Waals surface area contributed by atoms with Gasteiger partial charge in [-0.25, -0.2) is 0 Å². The van der Waals surface area contributed by atoms with Crippen LogP contribution in [-0.4, -0.2) is 51.8 Å². The molecule has 0 aliphatic rings. The van der Waals surface area contributed by atoms with Crippen LogP contribution in [0.3, 0.4) is 0 Å². The summed E-state index contributed by atoms with van der Waals surface area (Å²) in [5.74, 6) is -1.19. The number of hydrogen-bond acceptors (Lipinski definition) is 7. The minimum absolute atomic E-state index is 0.195. The SMILES string of the molecule is COc1cc(C(=O)NCC(=O)O[C@H](C)C(N)=O)cc(OC)c1OC. The van der Waals surface area contributed by atoms with Gasteiger partial charge in [-0.1, -0.05) is 0 Å². The van der Waals surface area contributed by atoms with E-state index in [0.717, 1.165) is 0 Å². The first-order valence-corrected chi connectivity index (χ1v) is 6.91. The fourth-order valence-corrected chi connectivity index (χ4v) is 1.76. The summed E-state index contributed by atoms with van der Waals surface area (Å²) in [5.41, 5.74) is 5.17. The minimum Gasteiger partial charge on any atom is -0.493 e. The third-order valence-electron chi connectivity index (χ3n) is 3.03. The summed E-state index contributed by atoms with van der Waals surface area (Å²) in [6, 6.07) is 2.88. The van der Waals surface area contributed by atoms with E-state index >= 15 is 0 Å². The Balaban J connectivity index is 2.81. The molecule has 9 heteroatoms. The normalized spacial score (nSPS) is 11.2. The monoisotopic (exact) mass is 340 g/mol. The van der Waals surface area contributed by atoms with E-state index in [4.69, 9.17) is 24.7 Å². The standard InChI is InChI=1S/C15H20N2O7/c1-8(14(16)19)24-12(18)7-17-15(20)9-5-10(21-2)13(23-4)11(6-9)22-3/h5-6,8H,7H2,1-4H3,(H2,16,19)(H,17,20)/t8-/m1/s1. The number of primary amides is 1. The number of rotatable bonds is 8. The molecule has 132 valence electrons. The second-order valence-corrected chi connectivity index (χ2v) is 4.63. The number of nitrogens with one attached hydrogen (secondary N) is 1. The lowest BCUT2D eigenvalue weighted by Crippen LogP contribution is -2.36. The molecule has 0 saturated heterocycles. The van der Waals surface area contributed by atoms with Gasteiger partial charge in [0.25, 0.3) is 11.8 Å². The summed E-state index contributed by atoms with van der Waals surface area (Å²) >= 11 is 0. The molecule has 0 bridgehead atoms. The van der Waals surface area contributed by atoms with Crippen LogP contribution in [0.15, 0.2) is 12.1 Å². The molecule has 3 N–H and O–H groups in total. The van der Waals surface area contributed by atoms with Crippen molar-refractivity contribution >= 4 is 17.8 Å². The maximum Gasteiger partial charge on any atom is 0.326 e. The van der Waals surface area contributed by atoms with Gasteiger partial charge in [0, 0.05) is 5.56 Å². The molecule has 1 aromatic rings. The van der Waals surface area contributed by atoms with E-state index in [2.05, 4.69) is 5.32 Å². The third kappa shape index (κ3) is 4.77. The number of carbonyl (C=O) groups is 3. The quantitative estimate of drug-likeness (QED) is 0.631. The Labute approximate surface area is 139 Å². The number of nitrogens with two attached hydrogens (primary N) is 1. The van der Waals surface area contributed by atoms with Crippen molar-refractivity contribution in [3.8, 4) is 17.2 Å². The number of ether oxygens (including phenoxy) is 4. The lowest BCUT2D eigenvalue weighted by Gasteiger charge is -2.14. The van der Waals surface area contributed by atoms with Gasteiger partial charge in [-0.2, -0.15) is 0 Å². The zero-order valence-corrected chi connectivity index (χ0v) is 13.9. The molecular weight excluding hydrogens is 320 g/mol. The Morgan fingerprint density at radius 1 is 1.08 bits per heavy atom. The van der Waals surface area contributed by atoms with Crippen LogP contribution in [0.25, 0.3) is 0 Å². The number of esters is 1. The summed E-state index contributed by atoms with van der Waals surface area (Å²) in [6.45, 7) is 0.911. The van der Waals surface area contributed by atoms with Crippen molar-refractivity contribution in [2.75, 3.05) is 27.9 Å². The maximum absolute atomic E-state index is 12.1. The van der Waals surface area contributed by atoms with Crippen molar-refractivity contribution in [2.24, 2.45) is 5.73 Å². The molecule has 0 heterocycles. The fraction of sp³-hybridized carbons (Fsp3) is 0.400. The van der Waals surface area contributed by atoms with Gasteiger partial charge >= 0.3 is 5.97 Å². The molecule has 1 rings (SSSR count). The Morgan fingerprint density at radius 3 is 2.04 bits per heavy atom. The molecule has 0 spiro atoms. The predicted octanol–water partition coefficient (Wildman–Crippen LogP) is -0.141. The summed E-state index contributed by atoms with van der Waals surface area (Å²) in [5, 5.41) is 2.37. The largest absolute Gasteiger partial charge is 0.493 e. The number of methoxy groups -OCH3 is 3. The molecule has 2 amide bonds. The fourth-order valence-electron chi connectivity index (χ4n) is 1.76. The number of carbonyl (C=O) groups excluding carboxylic acids is 3. The average molecular weight is 340 g/mol. The summed E-state index contributed by atoms with van der Waals surface area (Å²) in [7, 11) is 4.28. The molecule has 1 atom stereocenters. The number of benzene rings is 1. The molecule has 0 fully saturated rings. The third-order valence-corrected chi connectivity index (χ3v) is 3.03. The van der Waals surface area contributed by atoms with Gasteiger partial charge in [0.15, 0.2) is 17.6 Å². The first kappa shape index (κ1) is 19.1. The van der Waals surface area contributed by atoms with Crippen molar-refractivity contribution in [3.63, 3.8) is 0 Å². The molecule has 0 saturated carbocycles. The van der Waals surface area contributed by atoms with Gasteiger partial charge < -0.3 is 30.0 Å². The van der Waals surface area contributed by atoms with Crippen LogP contribution in [0, 0.1) is 0 Å². The van der Waals surface area contributed by atoms with Crippen molar-refractivity contribution in [1.82, 2.24) is 5.32 Å². The first-order valence-electron chi connectivity index (χ1n) is 6.91. The van der Waals surface area contributed by atoms with Crippen LogP contribution >= 0.6 is 0 Å². The lowest BCUT2D eigenvalue weighted by molar-refractivity contribution is -0.152. The average Bonchev–Trinajstić information content (AvgIpc) is 2.57. The smallest absolute Gasteiger partial charge is 0.326 e. The van der Waals surface area contributed by atoms with Crippen molar-refractivity contribution in [3.05, 3.63) is 17.7 Å². The van der Waals surface area contributed by atoms with Gasteiger partial charge in [-0.15, -0.1) is 0 Å². The summed E-state index contributed by atoms with van der Waals surface area (Å²) in [6.07, 6.45) is -1.07. The second-order valence-electron chi connectivity index (χ2n) is 4.63. The van der Waals surface area contributed by atoms with Crippen LogP contribution in [0.2, 0.25) is 0 Å². The van der Waals surface area contributed by atoms with Crippen molar-refractivity contribution < 1.29 is 33.3 Å². The van der Waals surface area contributed by atoms with Crippen LogP contribution < -0.4 is 25.3 Å². The predicted molar refractivity (Wildman–Crippen MR) is 83.2 cm³/mol. The number of hydrogen-bond donors (Lipinski definition) is 2. The molecule has 1 aromatic carbocycles. The summed E-state index contributed by atoms with van der Waals surface area (Å²) < 4.78 is 20.2. The Hall–Kier alpha value is -2.97. The lowest BCUT2D eigenvalue weighted by atomic mass is 10.1. The molecule has 24 heavy (non-hydrogen) atoms. The van der Waals surface area contributed by atoms with Gasteiger partial charge in [0.05, 0.1) is 21.3 Å². The highest BCUT2D eigenvalue weighted by Crippen LogP contribution is 2.38. The van der Waals surface area contributed by atoms with Gasteiger partial charge in [0.1, 0.15) is 6.54 Å². The van der Waals surface area contributed by atoms with E-state index in [1.54, 1.807) is 0 Å². The van der Waals surface area contributed by atoms with E-state index in [-0.39, 0.29) is 5.56 Å². The van der Waals surface area contributed by atoms with E-state index in [0.29, 0.717) is 17.2 Å². The zero-order valence-electron chi connectivity index (χ0n) is 13.9. The minimum atomic E-state index is -1.07. The topological polar surface area (TPSA) is 126 Å². The second kappa shape index (κ2) is 8.61. The van der Waals surface area contributed by atoms with Crippen LogP contribution in [0.5, 0.6) is 17.2 Å². The zero-order chi connectivity index (χ0) is 18.3. The van der Waals surface area contributed by atoms with Crippen LogP contribution in [-0.2, 0) is 14.3 Å². The Bertz CT molecular complexity index is 605. The van der Waals surface area contributed by atoms with Crippen molar-refractivity contribution in [2.45, 2.75) is 13.0 Å². The van der Waals surface area contributed by atoms with Gasteiger partial charge in [0.2, 0.25) is 5.75 Å². The highest BCUT2D eigenvalue weighted by Gasteiger charge is 2.19. The maximum atomic E-state index is 12.1. The first-order chi connectivity index (χ1) is 11.3. The molecular formula is C15H20N2O7.